The molecule has 0 aromatic heterocycles. The molecule has 1 saturated carbocycles. The molecule has 36 heavy (non-hydrogen) atoms. The molecular weight excluding hydrogens is 515 g/mol. The normalized spacial score (nSPS) is 14.3. The molecule has 2 heterocycles. The molecule has 0 amide bonds. The molecule has 1 unspecified atom stereocenters. The first-order chi connectivity index (χ1) is 17.7. The second kappa shape index (κ2) is 11.9. The average Bonchev–Trinajstić information content (AvgIpc) is 3.57. The Balaban J connectivity index is 1.37. The van der Waals surface area contributed by atoms with E-state index in [0.717, 1.165) is 56.7 Å². The van der Waals surface area contributed by atoms with Crippen molar-refractivity contribution in [3.8, 4) is 23.0 Å². The van der Waals surface area contributed by atoms with Crippen molar-refractivity contribution in [1.82, 2.24) is 19.5 Å². The third kappa shape index (κ3) is 5.90. The van der Waals surface area contributed by atoms with Gasteiger partial charge in [0.25, 0.3) is 0 Å². The molecule has 188 valence electrons. The van der Waals surface area contributed by atoms with Gasteiger partial charge in [-0.15, -0.1) is 0 Å². The zero-order chi connectivity index (χ0) is 24.7. The van der Waals surface area contributed by atoms with Gasteiger partial charge in [-0.25, -0.2) is 0 Å². The summed E-state index contributed by atoms with van der Waals surface area (Å²) in [4.78, 5) is 14.5. The molecule has 7 nitrogen and oxygen atoms in total. The third-order valence-electron chi connectivity index (χ3n) is 6.37. The first kappa shape index (κ1) is 24.8. The van der Waals surface area contributed by atoms with E-state index >= 15 is 0 Å². The van der Waals surface area contributed by atoms with Gasteiger partial charge in [-0.3, -0.25) is 0 Å². The van der Waals surface area contributed by atoms with Crippen LogP contribution in [0.5, 0.6) is 11.5 Å². The minimum atomic E-state index is -0.354. The predicted molar refractivity (Wildman–Crippen MR) is 142 cm³/mol. The molecule has 1 atom stereocenters. The number of methoxy groups -OCH3 is 1. The summed E-state index contributed by atoms with van der Waals surface area (Å²) in [6.07, 6.45) is 6.84. The predicted octanol–water partition coefficient (Wildman–Crippen LogP) is 4.37. The summed E-state index contributed by atoms with van der Waals surface area (Å²) in [5.74, 6) is 3.15. The number of hydrogen-bond donors (Lipinski definition) is 0. The van der Waals surface area contributed by atoms with E-state index in [9.17, 15) is 0 Å². The van der Waals surface area contributed by atoms with Crippen molar-refractivity contribution in [2.24, 2.45) is 0 Å². The van der Waals surface area contributed by atoms with Crippen LogP contribution >= 0.6 is 0 Å². The van der Waals surface area contributed by atoms with E-state index in [4.69, 9.17) is 29.2 Å². The molecule has 3 aliphatic rings. The van der Waals surface area contributed by atoms with Gasteiger partial charge >= 0.3 is 220 Å². The van der Waals surface area contributed by atoms with Crippen molar-refractivity contribution in [2.45, 2.75) is 63.7 Å². The summed E-state index contributed by atoms with van der Waals surface area (Å²) >= 11 is -0.354. The minimum absolute atomic E-state index is 0.271. The van der Waals surface area contributed by atoms with Crippen LogP contribution in [0.1, 0.15) is 49.6 Å². The first-order valence-corrected chi connectivity index (χ1v) is 15.2. The van der Waals surface area contributed by atoms with Crippen molar-refractivity contribution in [2.75, 3.05) is 7.11 Å². The summed E-state index contributed by atoms with van der Waals surface area (Å²) in [5, 5.41) is 1.12. The number of ether oxygens (including phenoxy) is 3. The van der Waals surface area contributed by atoms with E-state index in [1.165, 1.54) is 12.8 Å². The summed E-state index contributed by atoms with van der Waals surface area (Å²) in [6, 6.07) is 16.3. The van der Waals surface area contributed by atoms with Crippen molar-refractivity contribution in [1.29, 1.82) is 0 Å². The van der Waals surface area contributed by atoms with E-state index in [1.807, 2.05) is 30.6 Å². The Morgan fingerprint density at radius 1 is 0.972 bits per heavy atom. The fourth-order valence-corrected chi connectivity index (χ4v) is 6.31. The average molecular weight is 549 g/mol. The van der Waals surface area contributed by atoms with Gasteiger partial charge in [0, 0.05) is 0 Å². The van der Waals surface area contributed by atoms with E-state index in [2.05, 4.69) is 35.8 Å². The Morgan fingerprint density at radius 3 is 2.58 bits per heavy atom. The summed E-state index contributed by atoms with van der Waals surface area (Å²) in [5.41, 5.74) is 3.16. The summed E-state index contributed by atoms with van der Waals surface area (Å²) < 4.78 is 21.0. The number of imidazole rings is 1. The molecule has 2 aliphatic heterocycles. The maximum atomic E-state index is 6.31. The Hall–Kier alpha value is -2.89. The summed E-state index contributed by atoms with van der Waals surface area (Å²) in [6.45, 7) is 3.74. The van der Waals surface area contributed by atoms with Crippen molar-refractivity contribution in [3.63, 3.8) is 0 Å². The molecule has 0 bridgehead atoms. The molecule has 1 aliphatic carbocycles. The Morgan fingerprint density at radius 2 is 1.81 bits per heavy atom. The van der Waals surface area contributed by atoms with Crippen LogP contribution in [0.2, 0.25) is 5.21 Å². The number of benzene rings is 2. The molecule has 2 aromatic rings. The van der Waals surface area contributed by atoms with Crippen molar-refractivity contribution < 1.29 is 14.2 Å². The van der Waals surface area contributed by atoms with Crippen LogP contribution in [-0.2, 0) is 24.5 Å². The van der Waals surface area contributed by atoms with E-state index in [0.29, 0.717) is 25.6 Å². The second-order valence-electron chi connectivity index (χ2n) is 9.05. The van der Waals surface area contributed by atoms with Crippen LogP contribution in [0.15, 0.2) is 54.9 Å². The first-order valence-electron chi connectivity index (χ1n) is 12.6. The fourth-order valence-electron chi connectivity index (χ4n) is 4.59. The zero-order valence-corrected chi connectivity index (χ0v) is 23.0. The molecule has 2 aromatic carbocycles. The van der Waals surface area contributed by atoms with Gasteiger partial charge in [-0.2, -0.15) is 0 Å². The van der Waals surface area contributed by atoms with Crippen LogP contribution in [0.25, 0.3) is 11.5 Å². The monoisotopic (exact) mass is 548 g/mol. The Labute approximate surface area is 219 Å². The van der Waals surface area contributed by atoms with Gasteiger partial charge in [0.2, 0.25) is 0 Å². The Kier molecular flexibility index (Phi) is 8.19. The number of fused-ring (bicyclic) bond motifs is 1. The second-order valence-corrected chi connectivity index (χ2v) is 12.3. The van der Waals surface area contributed by atoms with Crippen LogP contribution in [0.4, 0.5) is 0 Å². The number of rotatable bonds is 11. The van der Waals surface area contributed by atoms with Gasteiger partial charge in [-0.05, 0) is 0 Å². The molecule has 5 rings (SSSR count). The van der Waals surface area contributed by atoms with Crippen LogP contribution in [-0.4, -0.2) is 48.5 Å². The standard InChI is InChI=1S/C28H33AsN4O3/c1-3-29-27-26-28(32-25(31-26)18-35-17-20-9-5-4-6-10-20)33(19-30-27)16-21-13-14-23(34-2)24(15-21)36-22-11-7-8-12-22/h4-6,9-10,13-15,19,22,29H,3,7-8,11-12,16-18H2,1-2H3. The van der Waals surface area contributed by atoms with Crippen LogP contribution in [0, 0.1) is 0 Å². The quantitative estimate of drug-likeness (QED) is 0.259. The molecular formula is C28H33AsN4O3. The van der Waals surface area contributed by atoms with Gasteiger partial charge in [-0.1, -0.05) is 0 Å². The number of hydrogen-bond acceptors (Lipinski definition) is 6. The van der Waals surface area contributed by atoms with Gasteiger partial charge in [0.05, 0.1) is 0 Å². The zero-order valence-electron chi connectivity index (χ0n) is 20.9. The van der Waals surface area contributed by atoms with Crippen molar-refractivity contribution in [3.05, 3.63) is 71.8 Å². The number of nitrogens with zero attached hydrogens (tertiary/aromatic N) is 4. The molecule has 0 radical (unpaired) electrons. The third-order valence-corrected chi connectivity index (χ3v) is 8.59. The molecule has 1 fully saturated rings. The van der Waals surface area contributed by atoms with Crippen LogP contribution < -0.4 is 14.0 Å². The van der Waals surface area contributed by atoms with Gasteiger partial charge < -0.3 is 0 Å². The summed E-state index contributed by atoms with van der Waals surface area (Å²) in [7, 11) is 1.69. The molecule has 0 N–H and O–H groups in total. The van der Waals surface area contributed by atoms with E-state index in [-0.39, 0.29) is 21.9 Å². The molecule has 8 heteroatoms. The SMILES string of the molecule is CC[AsH]c1ncn(Cc2ccc(OC)c(OC3CCCC3)c2)c2nc(COCc3ccccc3)nc1-2. The van der Waals surface area contributed by atoms with Crippen LogP contribution in [0.3, 0.4) is 0 Å². The van der Waals surface area contributed by atoms with E-state index < -0.39 is 0 Å². The Bertz CT molecular complexity index is 1240. The van der Waals surface area contributed by atoms with Gasteiger partial charge in [0.1, 0.15) is 0 Å². The van der Waals surface area contributed by atoms with Gasteiger partial charge in [0.15, 0.2) is 0 Å². The topological polar surface area (TPSA) is 71.3 Å². The molecule has 0 spiro atoms. The fraction of sp³-hybridized carbons (Fsp3) is 0.393. The number of aromatic nitrogens is 4. The van der Waals surface area contributed by atoms with E-state index in [1.54, 1.807) is 7.11 Å². The van der Waals surface area contributed by atoms with Crippen molar-refractivity contribution >= 4 is 20.2 Å². The molecule has 0 saturated heterocycles. The maximum absolute atomic E-state index is 6.31.